The molecule has 9 heteroatoms. The minimum Gasteiger partial charge on any atom is -0.325 e. The van der Waals surface area contributed by atoms with E-state index in [2.05, 4.69) is 20.8 Å². The summed E-state index contributed by atoms with van der Waals surface area (Å²) in [5.41, 5.74) is 3.33. The molecule has 144 valence electrons. The highest BCUT2D eigenvalue weighted by molar-refractivity contribution is 8.01. The molecule has 0 fully saturated rings. The minimum atomic E-state index is -0.356. The summed E-state index contributed by atoms with van der Waals surface area (Å²) in [6.45, 7) is 3.97. The Kier molecular flexibility index (Phi) is 6.66. The lowest BCUT2D eigenvalue weighted by atomic mass is 10.1. The van der Waals surface area contributed by atoms with E-state index in [4.69, 9.17) is 11.6 Å². The number of carbonyl (C=O) groups excluding carboxylic acids is 2. The molecule has 0 aliphatic rings. The van der Waals surface area contributed by atoms with E-state index in [0.29, 0.717) is 20.1 Å². The van der Waals surface area contributed by atoms with E-state index in [-0.39, 0.29) is 17.6 Å². The molecule has 28 heavy (non-hydrogen) atoms. The molecule has 1 heterocycles. The number of rotatable bonds is 6. The van der Waals surface area contributed by atoms with Crippen molar-refractivity contribution in [1.82, 2.24) is 10.2 Å². The van der Waals surface area contributed by atoms with Crippen molar-refractivity contribution in [1.29, 1.82) is 0 Å². The van der Waals surface area contributed by atoms with E-state index in [9.17, 15) is 9.59 Å². The summed E-state index contributed by atoms with van der Waals surface area (Å²) >= 11 is 8.48. The summed E-state index contributed by atoms with van der Waals surface area (Å²) in [6.07, 6.45) is 0. The van der Waals surface area contributed by atoms with Crippen LogP contribution in [0.1, 0.15) is 21.5 Å². The molecule has 6 nitrogen and oxygen atoms in total. The Balaban J connectivity index is 1.54. The smallest absolute Gasteiger partial charge is 0.259 e. The molecule has 2 aromatic carbocycles. The fraction of sp³-hybridized carbons (Fsp3) is 0.158. The summed E-state index contributed by atoms with van der Waals surface area (Å²) in [5.74, 6) is -0.290. The number of benzene rings is 2. The Morgan fingerprint density at radius 3 is 2.64 bits per heavy atom. The molecule has 0 radical (unpaired) electrons. The Hall–Kier alpha value is -2.42. The van der Waals surface area contributed by atoms with Gasteiger partial charge in [0.05, 0.1) is 16.3 Å². The normalized spacial score (nSPS) is 10.5. The van der Waals surface area contributed by atoms with Crippen LogP contribution in [0.25, 0.3) is 0 Å². The zero-order valence-corrected chi connectivity index (χ0v) is 17.5. The molecule has 1 aromatic heterocycles. The predicted octanol–water partition coefficient (Wildman–Crippen LogP) is 4.79. The van der Waals surface area contributed by atoms with Crippen molar-refractivity contribution in [2.45, 2.75) is 18.2 Å². The van der Waals surface area contributed by atoms with Crippen molar-refractivity contribution < 1.29 is 9.59 Å². The number of hydrogen-bond acceptors (Lipinski definition) is 6. The van der Waals surface area contributed by atoms with Gasteiger partial charge in [0.15, 0.2) is 4.34 Å². The SMILES string of the molecule is Cc1cccc(NC(=O)CSc2nnc(NC(=O)c3ccccc3Cl)s2)c1C. The van der Waals surface area contributed by atoms with Crippen LogP contribution in [0.4, 0.5) is 10.8 Å². The van der Waals surface area contributed by atoms with Gasteiger partial charge in [0.25, 0.3) is 5.91 Å². The van der Waals surface area contributed by atoms with Crippen LogP contribution >= 0.6 is 34.7 Å². The van der Waals surface area contributed by atoms with E-state index < -0.39 is 0 Å². The first kappa shape index (κ1) is 20.3. The van der Waals surface area contributed by atoms with Crippen LogP contribution in [-0.2, 0) is 4.79 Å². The maximum atomic E-state index is 12.2. The maximum Gasteiger partial charge on any atom is 0.259 e. The molecule has 0 atom stereocenters. The number of carbonyl (C=O) groups is 2. The summed E-state index contributed by atoms with van der Waals surface area (Å²) in [4.78, 5) is 24.4. The first-order valence-corrected chi connectivity index (χ1v) is 10.5. The Morgan fingerprint density at radius 2 is 1.86 bits per heavy atom. The van der Waals surface area contributed by atoms with E-state index in [1.807, 2.05) is 32.0 Å². The second-order valence-electron chi connectivity index (χ2n) is 5.89. The van der Waals surface area contributed by atoms with Crippen LogP contribution < -0.4 is 10.6 Å². The third-order valence-electron chi connectivity index (χ3n) is 3.95. The Morgan fingerprint density at radius 1 is 1.07 bits per heavy atom. The summed E-state index contributed by atoms with van der Waals surface area (Å²) < 4.78 is 0.588. The molecule has 0 aliphatic heterocycles. The third kappa shape index (κ3) is 5.09. The summed E-state index contributed by atoms with van der Waals surface area (Å²) in [5, 5.41) is 14.2. The standard InChI is InChI=1S/C19H17ClN4O2S2/c1-11-6-5-9-15(12(11)2)21-16(25)10-27-19-24-23-18(28-19)22-17(26)13-7-3-4-8-14(13)20/h3-9H,10H2,1-2H3,(H,21,25)(H,22,23,26). The number of thioether (sulfide) groups is 1. The van der Waals surface area contributed by atoms with Gasteiger partial charge in [0.2, 0.25) is 11.0 Å². The van der Waals surface area contributed by atoms with E-state index in [1.165, 1.54) is 23.1 Å². The van der Waals surface area contributed by atoms with Crippen LogP contribution in [0, 0.1) is 13.8 Å². The van der Waals surface area contributed by atoms with Gasteiger partial charge in [0, 0.05) is 5.69 Å². The van der Waals surface area contributed by atoms with Gasteiger partial charge < -0.3 is 5.32 Å². The number of aromatic nitrogens is 2. The lowest BCUT2D eigenvalue weighted by Gasteiger charge is -2.09. The zero-order chi connectivity index (χ0) is 20.1. The van der Waals surface area contributed by atoms with Gasteiger partial charge in [-0.2, -0.15) is 0 Å². The topological polar surface area (TPSA) is 84.0 Å². The lowest BCUT2D eigenvalue weighted by molar-refractivity contribution is -0.113. The molecular weight excluding hydrogens is 416 g/mol. The molecule has 0 unspecified atom stereocenters. The van der Waals surface area contributed by atoms with Crippen molar-refractivity contribution in [3.8, 4) is 0 Å². The van der Waals surface area contributed by atoms with Gasteiger partial charge >= 0.3 is 0 Å². The van der Waals surface area contributed by atoms with E-state index in [1.54, 1.807) is 24.3 Å². The largest absolute Gasteiger partial charge is 0.325 e. The number of nitrogens with zero attached hydrogens (tertiary/aromatic N) is 2. The second-order valence-corrected chi connectivity index (χ2v) is 8.50. The Bertz CT molecular complexity index is 1020. The molecular formula is C19H17ClN4O2S2. The molecule has 3 aromatic rings. The quantitative estimate of drug-likeness (QED) is 0.432. The van der Waals surface area contributed by atoms with Crippen LogP contribution in [0.5, 0.6) is 0 Å². The molecule has 2 N–H and O–H groups in total. The van der Waals surface area contributed by atoms with E-state index >= 15 is 0 Å². The van der Waals surface area contributed by atoms with Crippen molar-refractivity contribution in [2.24, 2.45) is 0 Å². The second kappa shape index (κ2) is 9.18. The first-order valence-electron chi connectivity index (χ1n) is 8.32. The van der Waals surface area contributed by atoms with Crippen LogP contribution in [0.2, 0.25) is 5.02 Å². The average molecular weight is 433 g/mol. The molecule has 0 spiro atoms. The molecule has 3 rings (SSSR count). The first-order chi connectivity index (χ1) is 13.4. The van der Waals surface area contributed by atoms with Gasteiger partial charge in [-0.15, -0.1) is 10.2 Å². The number of aryl methyl sites for hydroxylation is 1. The molecule has 0 saturated carbocycles. The van der Waals surface area contributed by atoms with Gasteiger partial charge in [-0.1, -0.05) is 59.0 Å². The van der Waals surface area contributed by atoms with Crippen LogP contribution in [0.3, 0.4) is 0 Å². The third-order valence-corrected chi connectivity index (χ3v) is 6.25. The average Bonchev–Trinajstić information content (AvgIpc) is 3.11. The summed E-state index contributed by atoms with van der Waals surface area (Å²) in [7, 11) is 0. The molecule has 0 saturated heterocycles. The van der Waals surface area contributed by atoms with E-state index in [0.717, 1.165) is 16.8 Å². The van der Waals surface area contributed by atoms with Crippen molar-refractivity contribution in [2.75, 3.05) is 16.4 Å². The van der Waals surface area contributed by atoms with Gasteiger partial charge in [0.1, 0.15) is 0 Å². The number of amides is 2. The lowest BCUT2D eigenvalue weighted by Crippen LogP contribution is -2.15. The fourth-order valence-electron chi connectivity index (χ4n) is 2.33. The highest BCUT2D eigenvalue weighted by Crippen LogP contribution is 2.27. The van der Waals surface area contributed by atoms with Crippen molar-refractivity contribution in [3.05, 3.63) is 64.2 Å². The van der Waals surface area contributed by atoms with Crippen LogP contribution in [0.15, 0.2) is 46.8 Å². The Labute approximate surface area is 175 Å². The van der Waals surface area contributed by atoms with Gasteiger partial charge in [-0.3, -0.25) is 14.9 Å². The molecule has 0 bridgehead atoms. The molecule has 2 amide bonds. The van der Waals surface area contributed by atoms with Gasteiger partial charge in [-0.25, -0.2) is 0 Å². The van der Waals surface area contributed by atoms with Crippen LogP contribution in [-0.4, -0.2) is 27.8 Å². The predicted molar refractivity (Wildman–Crippen MR) is 115 cm³/mol. The van der Waals surface area contributed by atoms with Gasteiger partial charge in [-0.05, 0) is 43.2 Å². The highest BCUT2D eigenvalue weighted by atomic mass is 35.5. The summed E-state index contributed by atoms with van der Waals surface area (Å²) in [6, 6.07) is 12.5. The van der Waals surface area contributed by atoms with Crippen molar-refractivity contribution >= 4 is 57.3 Å². The number of halogens is 1. The van der Waals surface area contributed by atoms with Crippen molar-refractivity contribution in [3.63, 3.8) is 0 Å². The zero-order valence-electron chi connectivity index (χ0n) is 15.2. The number of nitrogens with one attached hydrogen (secondary N) is 2. The number of hydrogen-bond donors (Lipinski definition) is 2. The minimum absolute atomic E-state index is 0.129. The maximum absolute atomic E-state index is 12.2. The monoisotopic (exact) mass is 432 g/mol. The number of anilines is 2. The fourth-order valence-corrected chi connectivity index (χ4v) is 4.10. The highest BCUT2D eigenvalue weighted by Gasteiger charge is 2.14. The molecule has 0 aliphatic carbocycles.